The Kier molecular flexibility index (Phi) is 5.18. The van der Waals surface area contributed by atoms with Gasteiger partial charge in [0, 0.05) is 6.54 Å². The molecule has 0 spiro atoms. The number of benzene rings is 1. The molecule has 0 unspecified atom stereocenters. The van der Waals surface area contributed by atoms with Gasteiger partial charge in [0.2, 0.25) is 5.91 Å². The van der Waals surface area contributed by atoms with E-state index < -0.39 is 0 Å². The van der Waals surface area contributed by atoms with Crippen LogP contribution in [0.5, 0.6) is 0 Å². The highest BCUT2D eigenvalue weighted by atomic mass is 16.2. The molecule has 1 amide bonds. The normalized spacial score (nSPS) is 17.7. The highest BCUT2D eigenvalue weighted by molar-refractivity contribution is 5.82. The zero-order valence-corrected chi connectivity index (χ0v) is 12.7. The Morgan fingerprint density at radius 3 is 2.75 bits per heavy atom. The lowest BCUT2D eigenvalue weighted by Crippen LogP contribution is -2.47. The van der Waals surface area contributed by atoms with E-state index in [9.17, 15) is 4.79 Å². The van der Waals surface area contributed by atoms with Gasteiger partial charge in [-0.3, -0.25) is 4.79 Å². The molecule has 0 radical (unpaired) electrons. The van der Waals surface area contributed by atoms with E-state index in [1.165, 1.54) is 11.1 Å². The molecule has 2 N–H and O–H groups in total. The van der Waals surface area contributed by atoms with Crippen LogP contribution in [0.25, 0.3) is 0 Å². The van der Waals surface area contributed by atoms with Crippen LogP contribution in [0.1, 0.15) is 43.7 Å². The Hall–Kier alpha value is -1.35. The number of amides is 1. The molecule has 1 aromatic rings. The molecule has 3 heteroatoms. The predicted octanol–water partition coefficient (Wildman–Crippen LogP) is 2.78. The first kappa shape index (κ1) is 15.0. The van der Waals surface area contributed by atoms with Gasteiger partial charge in [-0.25, -0.2) is 0 Å². The first-order valence-corrected chi connectivity index (χ1v) is 7.71. The summed E-state index contributed by atoms with van der Waals surface area (Å²) in [4.78, 5) is 12.6. The van der Waals surface area contributed by atoms with Crippen LogP contribution in [0.4, 0.5) is 0 Å². The van der Waals surface area contributed by atoms with E-state index >= 15 is 0 Å². The van der Waals surface area contributed by atoms with Crippen molar-refractivity contribution in [2.45, 2.75) is 46.1 Å². The molecule has 1 aliphatic heterocycles. The van der Waals surface area contributed by atoms with E-state index in [-0.39, 0.29) is 11.3 Å². The second-order valence-corrected chi connectivity index (χ2v) is 5.95. The Morgan fingerprint density at radius 2 is 2.10 bits per heavy atom. The van der Waals surface area contributed by atoms with Crippen molar-refractivity contribution in [1.29, 1.82) is 0 Å². The summed E-state index contributed by atoms with van der Waals surface area (Å²) in [7, 11) is 0. The molecule has 1 heterocycles. The Labute approximate surface area is 122 Å². The number of nitrogens with one attached hydrogen (secondary N) is 2. The average molecular weight is 274 g/mol. The van der Waals surface area contributed by atoms with Crippen molar-refractivity contribution in [3.8, 4) is 0 Å². The van der Waals surface area contributed by atoms with Gasteiger partial charge in [-0.05, 0) is 44.8 Å². The van der Waals surface area contributed by atoms with Crippen molar-refractivity contribution in [1.82, 2.24) is 10.6 Å². The third-order valence-corrected chi connectivity index (χ3v) is 4.31. The van der Waals surface area contributed by atoms with Crippen LogP contribution in [-0.4, -0.2) is 19.0 Å². The van der Waals surface area contributed by atoms with E-state index in [1.807, 2.05) is 6.07 Å². The smallest absolute Gasteiger partial charge is 0.226 e. The fourth-order valence-corrected chi connectivity index (χ4v) is 3.17. The third-order valence-electron chi connectivity index (χ3n) is 4.31. The maximum Gasteiger partial charge on any atom is 0.226 e. The van der Waals surface area contributed by atoms with Gasteiger partial charge < -0.3 is 10.6 Å². The van der Waals surface area contributed by atoms with Gasteiger partial charge in [-0.2, -0.15) is 0 Å². The van der Waals surface area contributed by atoms with Crippen molar-refractivity contribution >= 4 is 5.91 Å². The molecule has 1 saturated heterocycles. The molecule has 20 heavy (non-hydrogen) atoms. The van der Waals surface area contributed by atoms with Gasteiger partial charge in [-0.1, -0.05) is 43.2 Å². The fraction of sp³-hybridized carbons (Fsp3) is 0.588. The van der Waals surface area contributed by atoms with Crippen LogP contribution in [0, 0.1) is 12.3 Å². The number of aryl methyl sites for hydroxylation is 1. The molecule has 110 valence electrons. The lowest BCUT2D eigenvalue weighted by molar-refractivity contribution is -0.133. The molecule has 0 aliphatic carbocycles. The number of rotatable bonds is 5. The summed E-state index contributed by atoms with van der Waals surface area (Å²) in [6.07, 6.45) is 3.98. The van der Waals surface area contributed by atoms with Crippen molar-refractivity contribution in [2.24, 2.45) is 5.41 Å². The summed E-state index contributed by atoms with van der Waals surface area (Å²) in [5, 5.41) is 6.51. The molecule has 3 nitrogen and oxygen atoms in total. The molecule has 1 fully saturated rings. The Balaban J connectivity index is 1.98. The first-order valence-electron chi connectivity index (χ1n) is 7.71. The second kappa shape index (κ2) is 6.89. The number of carbonyl (C=O) groups is 1. The summed E-state index contributed by atoms with van der Waals surface area (Å²) < 4.78 is 0. The molecule has 0 atom stereocenters. The molecule has 0 aromatic heterocycles. The summed E-state index contributed by atoms with van der Waals surface area (Å²) in [5.41, 5.74) is 2.27. The van der Waals surface area contributed by atoms with Crippen molar-refractivity contribution in [2.75, 3.05) is 13.1 Å². The Bertz CT molecular complexity index is 445. The minimum absolute atomic E-state index is 0.149. The van der Waals surface area contributed by atoms with E-state index in [0.29, 0.717) is 6.54 Å². The number of carbonyl (C=O) groups excluding carboxylic acids is 1. The quantitative estimate of drug-likeness (QED) is 0.867. The zero-order valence-electron chi connectivity index (χ0n) is 12.7. The lowest BCUT2D eigenvalue weighted by Gasteiger charge is -2.36. The molecule has 0 bridgehead atoms. The zero-order chi connectivity index (χ0) is 14.4. The standard InChI is InChI=1S/C17H26N2O/c1-3-7-17(8-10-18-11-9-17)16(20)19-13-15-6-4-5-14(2)12-15/h4-6,12,18H,3,7-11,13H2,1-2H3,(H,19,20). The van der Waals surface area contributed by atoms with E-state index in [4.69, 9.17) is 0 Å². The molecule has 2 rings (SSSR count). The van der Waals surface area contributed by atoms with E-state index in [0.717, 1.165) is 38.8 Å². The summed E-state index contributed by atoms with van der Waals surface area (Å²) >= 11 is 0. The first-order chi connectivity index (χ1) is 9.66. The van der Waals surface area contributed by atoms with Gasteiger partial charge in [0.05, 0.1) is 5.41 Å². The van der Waals surface area contributed by atoms with Crippen LogP contribution in [0.15, 0.2) is 24.3 Å². The van der Waals surface area contributed by atoms with Crippen molar-refractivity contribution in [3.63, 3.8) is 0 Å². The van der Waals surface area contributed by atoms with Gasteiger partial charge >= 0.3 is 0 Å². The van der Waals surface area contributed by atoms with Crippen molar-refractivity contribution in [3.05, 3.63) is 35.4 Å². The van der Waals surface area contributed by atoms with Crippen molar-refractivity contribution < 1.29 is 4.79 Å². The fourth-order valence-electron chi connectivity index (χ4n) is 3.17. The number of piperidine rings is 1. The van der Waals surface area contributed by atoms with Gasteiger partial charge in [0.1, 0.15) is 0 Å². The van der Waals surface area contributed by atoms with Crippen LogP contribution in [-0.2, 0) is 11.3 Å². The maximum absolute atomic E-state index is 12.6. The number of hydrogen-bond donors (Lipinski definition) is 2. The minimum Gasteiger partial charge on any atom is -0.352 e. The average Bonchev–Trinajstić information content (AvgIpc) is 2.46. The van der Waals surface area contributed by atoms with Gasteiger partial charge in [-0.15, -0.1) is 0 Å². The molecular weight excluding hydrogens is 248 g/mol. The Morgan fingerprint density at radius 1 is 1.35 bits per heavy atom. The highest BCUT2D eigenvalue weighted by Gasteiger charge is 2.38. The topological polar surface area (TPSA) is 41.1 Å². The summed E-state index contributed by atoms with van der Waals surface area (Å²) in [5.74, 6) is 0.238. The molecule has 0 saturated carbocycles. The van der Waals surface area contributed by atoms with Crippen LogP contribution >= 0.6 is 0 Å². The summed E-state index contributed by atoms with van der Waals surface area (Å²) in [6.45, 7) is 6.80. The van der Waals surface area contributed by atoms with E-state index in [2.05, 4.69) is 42.7 Å². The highest BCUT2D eigenvalue weighted by Crippen LogP contribution is 2.34. The summed E-state index contributed by atoms with van der Waals surface area (Å²) in [6, 6.07) is 8.33. The minimum atomic E-state index is -0.149. The largest absolute Gasteiger partial charge is 0.352 e. The van der Waals surface area contributed by atoms with Crippen LogP contribution in [0.3, 0.4) is 0 Å². The molecule has 1 aromatic carbocycles. The van der Waals surface area contributed by atoms with E-state index in [1.54, 1.807) is 0 Å². The van der Waals surface area contributed by atoms with Gasteiger partial charge in [0.15, 0.2) is 0 Å². The van der Waals surface area contributed by atoms with Crippen LogP contribution < -0.4 is 10.6 Å². The van der Waals surface area contributed by atoms with Crippen LogP contribution in [0.2, 0.25) is 0 Å². The lowest BCUT2D eigenvalue weighted by atomic mass is 9.74. The molecule has 1 aliphatic rings. The van der Waals surface area contributed by atoms with Gasteiger partial charge in [0.25, 0.3) is 0 Å². The second-order valence-electron chi connectivity index (χ2n) is 5.95. The molecular formula is C17H26N2O. The maximum atomic E-state index is 12.6. The third kappa shape index (κ3) is 3.60. The monoisotopic (exact) mass is 274 g/mol. The number of hydrogen-bond acceptors (Lipinski definition) is 2. The predicted molar refractivity (Wildman–Crippen MR) is 82.5 cm³/mol. The SMILES string of the molecule is CCCC1(C(=O)NCc2cccc(C)c2)CCNCC1.